The molecule has 1 rings (SSSR count). The highest BCUT2D eigenvalue weighted by atomic mass is 19.1. The molecule has 0 heterocycles. The molecule has 1 aromatic rings. The summed E-state index contributed by atoms with van der Waals surface area (Å²) in [6, 6.07) is 5.40. The van der Waals surface area contributed by atoms with Gasteiger partial charge in [0.05, 0.1) is 6.54 Å². The summed E-state index contributed by atoms with van der Waals surface area (Å²) in [4.78, 5) is 25.1. The maximum Gasteiger partial charge on any atom is 0.315 e. The first-order chi connectivity index (χ1) is 10.5. The fourth-order valence-electron chi connectivity index (χ4n) is 1.69. The van der Waals surface area contributed by atoms with Crippen molar-refractivity contribution < 1.29 is 14.0 Å². The largest absolute Gasteiger partial charge is 0.355 e. The number of benzene rings is 1. The van der Waals surface area contributed by atoms with Crippen LogP contribution in [0.15, 0.2) is 24.3 Å². The summed E-state index contributed by atoms with van der Waals surface area (Å²) < 4.78 is 12.7. The first-order valence-corrected chi connectivity index (χ1v) is 7.15. The van der Waals surface area contributed by atoms with Gasteiger partial charge in [-0.05, 0) is 44.8 Å². The third-order valence-corrected chi connectivity index (χ3v) is 2.88. The van der Waals surface area contributed by atoms with E-state index in [2.05, 4.69) is 16.0 Å². The smallest absolute Gasteiger partial charge is 0.315 e. The molecule has 22 heavy (non-hydrogen) atoms. The molecule has 6 nitrogen and oxygen atoms in total. The third-order valence-electron chi connectivity index (χ3n) is 2.88. The molecule has 0 spiro atoms. The van der Waals surface area contributed by atoms with Crippen LogP contribution in [0.4, 0.5) is 9.18 Å². The summed E-state index contributed by atoms with van der Waals surface area (Å²) in [7, 11) is 3.93. The molecule has 0 radical (unpaired) electrons. The summed E-state index contributed by atoms with van der Waals surface area (Å²) in [5.74, 6) is -0.546. The number of amides is 3. The van der Waals surface area contributed by atoms with E-state index in [-0.39, 0.29) is 24.8 Å². The van der Waals surface area contributed by atoms with Crippen molar-refractivity contribution in [1.29, 1.82) is 0 Å². The van der Waals surface area contributed by atoms with E-state index in [1.165, 1.54) is 12.1 Å². The van der Waals surface area contributed by atoms with E-state index >= 15 is 0 Å². The lowest BCUT2D eigenvalue weighted by Gasteiger charge is -2.10. The Morgan fingerprint density at radius 3 is 2.41 bits per heavy atom. The second kappa shape index (κ2) is 9.73. The average molecular weight is 310 g/mol. The van der Waals surface area contributed by atoms with Crippen LogP contribution < -0.4 is 16.0 Å². The molecule has 3 N–H and O–H groups in total. The second-order valence-electron chi connectivity index (χ2n) is 5.17. The van der Waals surface area contributed by atoms with Crippen LogP contribution in [0.2, 0.25) is 0 Å². The van der Waals surface area contributed by atoms with E-state index in [1.54, 1.807) is 12.1 Å². The van der Waals surface area contributed by atoms with Crippen LogP contribution in [0.25, 0.3) is 0 Å². The predicted octanol–water partition coefficient (Wildman–Crippen LogP) is 0.693. The van der Waals surface area contributed by atoms with Crippen molar-refractivity contribution in [2.45, 2.75) is 13.0 Å². The topological polar surface area (TPSA) is 73.5 Å². The van der Waals surface area contributed by atoms with E-state index in [0.717, 1.165) is 18.5 Å². The van der Waals surface area contributed by atoms with Crippen LogP contribution in [0.5, 0.6) is 0 Å². The van der Waals surface area contributed by atoms with Crippen molar-refractivity contribution in [1.82, 2.24) is 20.9 Å². The lowest BCUT2D eigenvalue weighted by atomic mass is 10.2. The zero-order valence-corrected chi connectivity index (χ0v) is 13.0. The van der Waals surface area contributed by atoms with Crippen LogP contribution in [0, 0.1) is 5.82 Å². The Morgan fingerprint density at radius 2 is 1.77 bits per heavy atom. The summed E-state index contributed by atoms with van der Waals surface area (Å²) in [5, 5.41) is 7.79. The van der Waals surface area contributed by atoms with E-state index in [0.29, 0.717) is 6.54 Å². The van der Waals surface area contributed by atoms with Gasteiger partial charge in [0, 0.05) is 13.1 Å². The molecule has 122 valence electrons. The Morgan fingerprint density at radius 1 is 1.09 bits per heavy atom. The molecular weight excluding hydrogens is 287 g/mol. The van der Waals surface area contributed by atoms with Crippen molar-refractivity contribution in [3.8, 4) is 0 Å². The maximum atomic E-state index is 12.7. The minimum Gasteiger partial charge on any atom is -0.355 e. The van der Waals surface area contributed by atoms with Gasteiger partial charge in [0.15, 0.2) is 0 Å². The van der Waals surface area contributed by atoms with Gasteiger partial charge < -0.3 is 20.9 Å². The zero-order chi connectivity index (χ0) is 16.4. The third kappa shape index (κ3) is 8.21. The first-order valence-electron chi connectivity index (χ1n) is 7.15. The Kier molecular flexibility index (Phi) is 7.91. The van der Waals surface area contributed by atoms with Gasteiger partial charge >= 0.3 is 6.03 Å². The maximum absolute atomic E-state index is 12.7. The van der Waals surface area contributed by atoms with E-state index in [4.69, 9.17) is 0 Å². The minimum absolute atomic E-state index is 0.0722. The molecule has 1 aromatic carbocycles. The molecule has 0 aromatic heterocycles. The van der Waals surface area contributed by atoms with E-state index in [9.17, 15) is 14.0 Å². The summed E-state index contributed by atoms with van der Waals surface area (Å²) in [6.07, 6.45) is 0.857. The second-order valence-corrected chi connectivity index (χ2v) is 5.17. The monoisotopic (exact) mass is 310 g/mol. The number of hydrogen-bond donors (Lipinski definition) is 3. The predicted molar refractivity (Wildman–Crippen MR) is 82.8 cm³/mol. The zero-order valence-electron chi connectivity index (χ0n) is 13.0. The number of nitrogens with one attached hydrogen (secondary N) is 3. The quantitative estimate of drug-likeness (QED) is 0.619. The fraction of sp³-hybridized carbons (Fsp3) is 0.467. The molecule has 0 aliphatic heterocycles. The number of nitrogens with zero attached hydrogens (tertiary/aromatic N) is 1. The van der Waals surface area contributed by atoms with E-state index < -0.39 is 6.03 Å². The molecule has 7 heteroatoms. The van der Waals surface area contributed by atoms with Gasteiger partial charge in [-0.2, -0.15) is 0 Å². The molecule has 0 unspecified atom stereocenters. The summed E-state index contributed by atoms with van der Waals surface area (Å²) in [5.41, 5.74) is 0.782. The molecule has 0 bridgehead atoms. The molecule has 0 atom stereocenters. The van der Waals surface area contributed by atoms with Crippen LogP contribution in [-0.4, -0.2) is 50.6 Å². The van der Waals surface area contributed by atoms with Crippen molar-refractivity contribution in [2.24, 2.45) is 0 Å². The normalized spacial score (nSPS) is 10.4. The highest BCUT2D eigenvalue weighted by molar-refractivity contribution is 5.83. The van der Waals surface area contributed by atoms with Gasteiger partial charge in [-0.3, -0.25) is 4.79 Å². The number of halogens is 1. The van der Waals surface area contributed by atoms with Crippen LogP contribution in [0.3, 0.4) is 0 Å². The lowest BCUT2D eigenvalue weighted by Crippen LogP contribution is -2.42. The molecule has 0 saturated carbocycles. The molecule has 0 fully saturated rings. The average Bonchev–Trinajstić information content (AvgIpc) is 2.48. The Balaban J connectivity index is 2.12. The number of urea groups is 1. The standard InChI is InChI=1S/C15H23FN4O2/c1-20(2)9-3-8-17-14(21)11-19-15(22)18-10-12-4-6-13(16)7-5-12/h4-7H,3,8-11H2,1-2H3,(H,17,21)(H2,18,19,22). The van der Waals surface area contributed by atoms with E-state index in [1.807, 2.05) is 19.0 Å². The van der Waals surface area contributed by atoms with Crippen molar-refractivity contribution in [3.05, 3.63) is 35.6 Å². The van der Waals surface area contributed by atoms with Gasteiger partial charge in [-0.1, -0.05) is 12.1 Å². The molecular formula is C15H23FN4O2. The molecule has 0 aliphatic carbocycles. The van der Waals surface area contributed by atoms with Gasteiger partial charge in [-0.15, -0.1) is 0 Å². The van der Waals surface area contributed by atoms with Crippen LogP contribution in [0.1, 0.15) is 12.0 Å². The number of carbonyl (C=O) groups is 2. The SMILES string of the molecule is CN(C)CCCNC(=O)CNC(=O)NCc1ccc(F)cc1. The van der Waals surface area contributed by atoms with Crippen LogP contribution in [-0.2, 0) is 11.3 Å². The van der Waals surface area contributed by atoms with Gasteiger partial charge in [0.1, 0.15) is 5.82 Å². The Hall–Kier alpha value is -2.15. The van der Waals surface area contributed by atoms with Crippen molar-refractivity contribution in [2.75, 3.05) is 33.7 Å². The minimum atomic E-state index is -0.437. The highest BCUT2D eigenvalue weighted by Gasteiger charge is 2.04. The Bertz CT molecular complexity index is 477. The van der Waals surface area contributed by atoms with Gasteiger partial charge in [0.25, 0.3) is 0 Å². The highest BCUT2D eigenvalue weighted by Crippen LogP contribution is 2.01. The molecule has 3 amide bonds. The van der Waals surface area contributed by atoms with Gasteiger partial charge in [-0.25, -0.2) is 9.18 Å². The Labute approximate surface area is 130 Å². The van der Waals surface area contributed by atoms with Crippen molar-refractivity contribution >= 4 is 11.9 Å². The number of carbonyl (C=O) groups excluding carboxylic acids is 2. The number of hydrogen-bond acceptors (Lipinski definition) is 3. The first kappa shape index (κ1) is 17.9. The summed E-state index contributed by atoms with van der Waals surface area (Å²) in [6.45, 7) is 1.68. The summed E-state index contributed by atoms with van der Waals surface area (Å²) >= 11 is 0. The molecule has 0 aliphatic rings. The fourth-order valence-corrected chi connectivity index (χ4v) is 1.69. The molecule has 0 saturated heterocycles. The van der Waals surface area contributed by atoms with Crippen molar-refractivity contribution in [3.63, 3.8) is 0 Å². The lowest BCUT2D eigenvalue weighted by molar-refractivity contribution is -0.120. The number of rotatable bonds is 8. The van der Waals surface area contributed by atoms with Crippen LogP contribution >= 0.6 is 0 Å². The van der Waals surface area contributed by atoms with Gasteiger partial charge in [0.2, 0.25) is 5.91 Å².